The summed E-state index contributed by atoms with van der Waals surface area (Å²) < 4.78 is 14.8. The molecule has 2 heterocycles. The van der Waals surface area contributed by atoms with Crippen molar-refractivity contribution < 1.29 is 14.1 Å². The summed E-state index contributed by atoms with van der Waals surface area (Å²) in [5.41, 5.74) is 0.800. The fourth-order valence-electron chi connectivity index (χ4n) is 3.00. The molecular weight excluding hydrogens is 315 g/mol. The summed E-state index contributed by atoms with van der Waals surface area (Å²) in [6.45, 7) is 4.07. The summed E-state index contributed by atoms with van der Waals surface area (Å²) in [7, 11) is 0. The Bertz CT molecular complexity index is 818. The molecule has 2 aromatic rings. The van der Waals surface area contributed by atoms with Gasteiger partial charge in [0.25, 0.3) is 5.91 Å². The van der Waals surface area contributed by atoms with Crippen LogP contribution in [0.2, 0.25) is 0 Å². The Hall–Kier alpha value is -2.77. The fraction of sp³-hybridized carbons (Fsp3) is 0.375. The molecular formula is C16H17FN4O3. The van der Waals surface area contributed by atoms with Crippen LogP contribution in [0.3, 0.4) is 0 Å². The lowest BCUT2D eigenvalue weighted by atomic mass is 9.96. The Morgan fingerprint density at radius 2 is 2.25 bits per heavy atom. The lowest BCUT2D eigenvalue weighted by molar-refractivity contribution is -0.385. The van der Waals surface area contributed by atoms with E-state index in [0.717, 1.165) is 5.56 Å². The van der Waals surface area contributed by atoms with Gasteiger partial charge in [-0.1, -0.05) is 0 Å². The van der Waals surface area contributed by atoms with E-state index in [1.54, 1.807) is 13.0 Å². The van der Waals surface area contributed by atoms with E-state index in [-0.39, 0.29) is 23.2 Å². The van der Waals surface area contributed by atoms with Gasteiger partial charge in [-0.3, -0.25) is 19.6 Å². The molecule has 1 aliphatic heterocycles. The average Bonchev–Trinajstić information content (AvgIpc) is 2.99. The minimum absolute atomic E-state index is 0.151. The topological polar surface area (TPSA) is 81.3 Å². The van der Waals surface area contributed by atoms with E-state index in [9.17, 15) is 19.3 Å². The maximum atomic E-state index is 13.5. The first kappa shape index (κ1) is 16.1. The van der Waals surface area contributed by atoms with Gasteiger partial charge in [0.2, 0.25) is 5.69 Å². The van der Waals surface area contributed by atoms with E-state index >= 15 is 0 Å². The van der Waals surface area contributed by atoms with Gasteiger partial charge < -0.3 is 4.90 Å². The second-order valence-electron chi connectivity index (χ2n) is 5.81. The molecule has 0 N–H and O–H groups in total. The highest BCUT2D eigenvalue weighted by molar-refractivity contribution is 6.08. The number of fused-ring (bicyclic) bond motifs is 1. The predicted octanol–water partition coefficient (Wildman–Crippen LogP) is 2.93. The molecule has 0 fully saturated rings. The van der Waals surface area contributed by atoms with Crippen molar-refractivity contribution in [2.45, 2.75) is 39.3 Å². The second kappa shape index (κ2) is 6.03. The highest BCUT2D eigenvalue weighted by atomic mass is 19.1. The lowest BCUT2D eigenvalue weighted by Gasteiger charge is -2.34. The number of halogens is 1. The Morgan fingerprint density at radius 3 is 2.92 bits per heavy atom. The summed E-state index contributed by atoms with van der Waals surface area (Å²) in [6.07, 6.45) is 2.57. The number of carbonyl (C=O) groups is 1. The Kier molecular flexibility index (Phi) is 4.04. The Morgan fingerprint density at radius 1 is 1.50 bits per heavy atom. The molecule has 1 aliphatic rings. The molecule has 8 heteroatoms. The molecule has 0 spiro atoms. The number of amides is 1. The number of carbonyl (C=O) groups excluding carboxylic acids is 1. The summed E-state index contributed by atoms with van der Waals surface area (Å²) in [5.74, 6) is -0.897. The zero-order valence-corrected chi connectivity index (χ0v) is 13.4. The molecule has 0 saturated heterocycles. The first-order valence-electron chi connectivity index (χ1n) is 7.76. The first-order valence-corrected chi connectivity index (χ1v) is 7.76. The van der Waals surface area contributed by atoms with Crippen molar-refractivity contribution in [3.05, 3.63) is 51.6 Å². The fourth-order valence-corrected chi connectivity index (χ4v) is 3.00. The van der Waals surface area contributed by atoms with E-state index in [0.29, 0.717) is 25.1 Å². The lowest BCUT2D eigenvalue weighted by Crippen LogP contribution is -2.42. The van der Waals surface area contributed by atoms with Crippen molar-refractivity contribution >= 4 is 17.3 Å². The molecule has 126 valence electrons. The normalized spacial score (nSPS) is 16.8. The van der Waals surface area contributed by atoms with Gasteiger partial charge in [0.05, 0.1) is 4.92 Å². The molecule has 0 aliphatic carbocycles. The van der Waals surface area contributed by atoms with E-state index in [4.69, 9.17) is 0 Å². The average molecular weight is 332 g/mol. The summed E-state index contributed by atoms with van der Waals surface area (Å²) in [5, 5.41) is 15.3. The highest BCUT2D eigenvalue weighted by Crippen LogP contribution is 2.33. The number of benzene rings is 1. The van der Waals surface area contributed by atoms with Crippen molar-refractivity contribution in [1.82, 2.24) is 9.78 Å². The molecule has 1 aromatic heterocycles. The third-order valence-corrected chi connectivity index (χ3v) is 4.26. The van der Waals surface area contributed by atoms with Crippen molar-refractivity contribution in [2.24, 2.45) is 0 Å². The smallest absolute Gasteiger partial charge is 0.304 e. The molecule has 3 rings (SSSR count). The van der Waals surface area contributed by atoms with Gasteiger partial charge in [0.15, 0.2) is 0 Å². The molecule has 7 nitrogen and oxygen atoms in total. The van der Waals surface area contributed by atoms with Crippen LogP contribution < -0.4 is 4.90 Å². The second-order valence-corrected chi connectivity index (χ2v) is 5.81. The van der Waals surface area contributed by atoms with Crippen LogP contribution in [0.4, 0.5) is 15.8 Å². The van der Waals surface area contributed by atoms with E-state index in [1.807, 2.05) is 6.92 Å². The van der Waals surface area contributed by atoms with Crippen LogP contribution in [0.25, 0.3) is 0 Å². The molecule has 0 saturated carbocycles. The van der Waals surface area contributed by atoms with Crippen molar-refractivity contribution in [1.29, 1.82) is 0 Å². The number of hydrogen-bond donors (Lipinski definition) is 0. The van der Waals surface area contributed by atoms with Crippen LogP contribution in [0.15, 0.2) is 24.4 Å². The summed E-state index contributed by atoms with van der Waals surface area (Å²) in [6, 6.07) is 4.08. The Balaban J connectivity index is 2.07. The number of rotatable bonds is 3. The first-order chi connectivity index (χ1) is 11.4. The SMILES string of the molecule is CCn1cc([N+](=O)[O-])c(C(=O)N2c3ccc(F)cc3CC[C@H]2C)n1. The third kappa shape index (κ3) is 2.64. The molecule has 1 aromatic carbocycles. The van der Waals surface area contributed by atoms with E-state index in [1.165, 1.54) is 27.9 Å². The standard InChI is InChI=1S/C16H17FN4O3/c1-3-19-9-14(21(23)24)15(18-19)16(22)20-10(2)4-5-11-8-12(17)6-7-13(11)20/h6-10H,3-5H2,1-2H3/t10-/m1/s1. The minimum atomic E-state index is -0.605. The monoisotopic (exact) mass is 332 g/mol. The number of nitro groups is 1. The van der Waals surface area contributed by atoms with Crippen LogP contribution in [0.5, 0.6) is 0 Å². The molecule has 1 amide bonds. The van der Waals surface area contributed by atoms with E-state index < -0.39 is 10.8 Å². The number of anilines is 1. The largest absolute Gasteiger partial charge is 0.320 e. The molecule has 0 bridgehead atoms. The number of nitrogens with zero attached hydrogens (tertiary/aromatic N) is 4. The molecule has 0 unspecified atom stereocenters. The quantitative estimate of drug-likeness (QED) is 0.639. The van der Waals surface area contributed by atoms with Crippen molar-refractivity contribution in [3.8, 4) is 0 Å². The van der Waals surface area contributed by atoms with Crippen molar-refractivity contribution in [2.75, 3.05) is 4.90 Å². The van der Waals surface area contributed by atoms with Crippen LogP contribution in [-0.4, -0.2) is 26.7 Å². The zero-order valence-electron chi connectivity index (χ0n) is 13.4. The predicted molar refractivity (Wildman–Crippen MR) is 85.5 cm³/mol. The number of aromatic nitrogens is 2. The van der Waals surface area contributed by atoms with Gasteiger partial charge in [-0.25, -0.2) is 4.39 Å². The van der Waals surface area contributed by atoms with Gasteiger partial charge in [-0.05, 0) is 50.5 Å². The van der Waals surface area contributed by atoms with E-state index in [2.05, 4.69) is 5.10 Å². The third-order valence-electron chi connectivity index (χ3n) is 4.26. The molecule has 0 radical (unpaired) electrons. The number of hydrogen-bond acceptors (Lipinski definition) is 4. The van der Waals surface area contributed by atoms with Crippen LogP contribution in [0, 0.1) is 15.9 Å². The molecule has 24 heavy (non-hydrogen) atoms. The minimum Gasteiger partial charge on any atom is -0.304 e. The Labute approximate surface area is 137 Å². The van der Waals surface area contributed by atoms with Crippen LogP contribution in [-0.2, 0) is 13.0 Å². The van der Waals surface area contributed by atoms with Gasteiger partial charge in [-0.2, -0.15) is 5.10 Å². The van der Waals surface area contributed by atoms with Gasteiger partial charge in [-0.15, -0.1) is 0 Å². The van der Waals surface area contributed by atoms with Gasteiger partial charge >= 0.3 is 5.69 Å². The summed E-state index contributed by atoms with van der Waals surface area (Å²) >= 11 is 0. The zero-order chi connectivity index (χ0) is 17.4. The van der Waals surface area contributed by atoms with Gasteiger partial charge in [0.1, 0.15) is 12.0 Å². The highest BCUT2D eigenvalue weighted by Gasteiger charge is 2.35. The maximum absolute atomic E-state index is 13.5. The molecule has 1 atom stereocenters. The number of aryl methyl sites for hydroxylation is 2. The van der Waals surface area contributed by atoms with Crippen LogP contribution in [0.1, 0.15) is 36.3 Å². The van der Waals surface area contributed by atoms with Gasteiger partial charge in [0, 0.05) is 18.3 Å². The summed E-state index contributed by atoms with van der Waals surface area (Å²) in [4.78, 5) is 25.1. The van der Waals surface area contributed by atoms with Crippen molar-refractivity contribution in [3.63, 3.8) is 0 Å². The van der Waals surface area contributed by atoms with Crippen LogP contribution >= 0.6 is 0 Å². The maximum Gasteiger partial charge on any atom is 0.320 e.